The lowest BCUT2D eigenvalue weighted by molar-refractivity contribution is -0.0631. The molecule has 0 unspecified atom stereocenters. The third-order valence-corrected chi connectivity index (χ3v) is 4.11. The molecule has 5 heteroatoms. The Morgan fingerprint density at radius 2 is 2.32 bits per heavy atom. The van der Waals surface area contributed by atoms with Crippen molar-refractivity contribution < 1.29 is 4.74 Å². The van der Waals surface area contributed by atoms with Crippen LogP contribution in [0, 0.1) is 5.92 Å². The lowest BCUT2D eigenvalue weighted by Gasteiger charge is -2.32. The molecule has 1 aromatic rings. The highest BCUT2D eigenvalue weighted by atomic mass is 16.5. The zero-order valence-electron chi connectivity index (χ0n) is 11.6. The second-order valence-corrected chi connectivity index (χ2v) is 5.25. The summed E-state index contributed by atoms with van der Waals surface area (Å²) >= 11 is 0. The first-order valence-corrected chi connectivity index (χ1v) is 6.56. The Morgan fingerprint density at radius 1 is 1.63 bits per heavy atom. The van der Waals surface area contributed by atoms with Crippen LogP contribution in [0.25, 0.3) is 0 Å². The fourth-order valence-electron chi connectivity index (χ4n) is 2.98. The molecule has 0 spiro atoms. The van der Waals surface area contributed by atoms with Crippen LogP contribution in [-0.4, -0.2) is 15.2 Å². The molecule has 1 aliphatic rings. The fraction of sp³-hybridized carbons (Fsp3) is 0.571. The van der Waals surface area contributed by atoms with Gasteiger partial charge in [-0.2, -0.15) is 0 Å². The zero-order valence-corrected chi connectivity index (χ0v) is 11.6. The summed E-state index contributed by atoms with van der Waals surface area (Å²) in [6.07, 6.45) is 2.68. The maximum atomic E-state index is 11.8. The van der Waals surface area contributed by atoms with Gasteiger partial charge in [0.1, 0.15) is 6.23 Å². The summed E-state index contributed by atoms with van der Waals surface area (Å²) in [6.45, 7) is 10.1. The van der Waals surface area contributed by atoms with E-state index in [1.807, 2.05) is 6.92 Å². The van der Waals surface area contributed by atoms with E-state index in [9.17, 15) is 9.59 Å². The first-order valence-electron chi connectivity index (χ1n) is 6.56. The van der Waals surface area contributed by atoms with E-state index in [0.29, 0.717) is 0 Å². The predicted molar refractivity (Wildman–Crippen MR) is 73.1 cm³/mol. The van der Waals surface area contributed by atoms with Crippen LogP contribution in [0.3, 0.4) is 0 Å². The SMILES string of the molecule is C=C(C)[C@]1(CC)O[C@@H](n2ccc(=O)[nH]c2=O)C[C@@H]1C. The lowest BCUT2D eigenvalue weighted by Crippen LogP contribution is -2.36. The molecule has 0 aromatic carbocycles. The summed E-state index contributed by atoms with van der Waals surface area (Å²) in [7, 11) is 0. The topological polar surface area (TPSA) is 64.1 Å². The Kier molecular flexibility index (Phi) is 3.49. The highest BCUT2D eigenvalue weighted by Gasteiger charge is 2.46. The normalized spacial score (nSPS) is 30.5. The van der Waals surface area contributed by atoms with Crippen LogP contribution in [0.2, 0.25) is 0 Å². The molecule has 0 radical (unpaired) electrons. The van der Waals surface area contributed by atoms with Gasteiger partial charge in [0.25, 0.3) is 5.56 Å². The van der Waals surface area contributed by atoms with Gasteiger partial charge in [0.15, 0.2) is 0 Å². The van der Waals surface area contributed by atoms with E-state index in [0.717, 1.165) is 18.4 Å². The van der Waals surface area contributed by atoms with Crippen LogP contribution in [0.1, 0.15) is 39.8 Å². The second kappa shape index (κ2) is 4.81. The van der Waals surface area contributed by atoms with Crippen LogP contribution in [0.5, 0.6) is 0 Å². The molecule has 0 saturated carbocycles. The van der Waals surface area contributed by atoms with Crippen molar-refractivity contribution in [2.24, 2.45) is 5.92 Å². The van der Waals surface area contributed by atoms with Gasteiger partial charge < -0.3 is 4.74 Å². The van der Waals surface area contributed by atoms with Gasteiger partial charge in [-0.05, 0) is 31.3 Å². The third-order valence-electron chi connectivity index (χ3n) is 4.11. The van der Waals surface area contributed by atoms with Crippen molar-refractivity contribution in [3.8, 4) is 0 Å². The molecule has 3 atom stereocenters. The highest BCUT2D eigenvalue weighted by molar-refractivity contribution is 5.15. The summed E-state index contributed by atoms with van der Waals surface area (Å²) in [6, 6.07) is 1.34. The van der Waals surface area contributed by atoms with Gasteiger partial charge in [-0.15, -0.1) is 0 Å². The summed E-state index contributed by atoms with van der Waals surface area (Å²) in [5.74, 6) is 0.277. The number of aromatic amines is 1. The van der Waals surface area contributed by atoms with Crippen molar-refractivity contribution in [3.63, 3.8) is 0 Å². The van der Waals surface area contributed by atoms with Crippen molar-refractivity contribution in [1.29, 1.82) is 0 Å². The van der Waals surface area contributed by atoms with Crippen LogP contribution in [-0.2, 0) is 4.74 Å². The Bertz CT molecular complexity index is 601. The molecule has 1 aromatic heterocycles. The number of hydrogen-bond donors (Lipinski definition) is 1. The average Bonchev–Trinajstić information content (AvgIpc) is 2.67. The smallest absolute Gasteiger partial charge is 0.330 e. The number of rotatable bonds is 3. The minimum atomic E-state index is -0.432. The number of H-pyrrole nitrogens is 1. The first-order chi connectivity index (χ1) is 8.90. The van der Waals surface area contributed by atoms with Crippen LogP contribution < -0.4 is 11.2 Å². The molecular formula is C14H20N2O3. The fourth-order valence-corrected chi connectivity index (χ4v) is 2.98. The number of hydrogen-bond acceptors (Lipinski definition) is 3. The molecule has 19 heavy (non-hydrogen) atoms. The van der Waals surface area contributed by atoms with Crippen molar-refractivity contribution >= 4 is 0 Å². The molecule has 5 nitrogen and oxygen atoms in total. The molecule has 1 fully saturated rings. The van der Waals surface area contributed by atoms with E-state index in [-0.39, 0.29) is 17.7 Å². The number of nitrogens with one attached hydrogen (secondary N) is 1. The van der Waals surface area contributed by atoms with E-state index < -0.39 is 11.2 Å². The average molecular weight is 264 g/mol. The highest BCUT2D eigenvalue weighted by Crippen LogP contribution is 2.46. The lowest BCUT2D eigenvalue weighted by atomic mass is 9.81. The van der Waals surface area contributed by atoms with Gasteiger partial charge in [0, 0.05) is 12.3 Å². The van der Waals surface area contributed by atoms with Crippen LogP contribution in [0.15, 0.2) is 34.0 Å². The van der Waals surface area contributed by atoms with Crippen molar-refractivity contribution in [1.82, 2.24) is 9.55 Å². The molecule has 0 aliphatic carbocycles. The summed E-state index contributed by atoms with van der Waals surface area (Å²) in [4.78, 5) is 25.2. The monoisotopic (exact) mass is 264 g/mol. The van der Waals surface area contributed by atoms with Gasteiger partial charge in [0.05, 0.1) is 5.60 Å². The van der Waals surface area contributed by atoms with E-state index >= 15 is 0 Å². The Balaban J connectivity index is 2.38. The first kappa shape index (κ1) is 13.8. The Hall–Kier alpha value is -1.62. The zero-order chi connectivity index (χ0) is 14.2. The van der Waals surface area contributed by atoms with E-state index in [4.69, 9.17) is 4.74 Å². The maximum Gasteiger partial charge on any atom is 0.330 e. The largest absolute Gasteiger partial charge is 0.347 e. The quantitative estimate of drug-likeness (QED) is 0.847. The third kappa shape index (κ3) is 2.18. The van der Waals surface area contributed by atoms with Gasteiger partial charge in [0.2, 0.25) is 0 Å². The van der Waals surface area contributed by atoms with E-state index in [1.54, 1.807) is 0 Å². The molecule has 104 valence electrons. The molecule has 1 saturated heterocycles. The summed E-state index contributed by atoms with van der Waals surface area (Å²) in [5.41, 5.74) is -0.241. The summed E-state index contributed by atoms with van der Waals surface area (Å²) in [5, 5.41) is 0. The van der Waals surface area contributed by atoms with Crippen molar-refractivity contribution in [3.05, 3.63) is 45.3 Å². The van der Waals surface area contributed by atoms with Gasteiger partial charge in [-0.3, -0.25) is 14.3 Å². The number of nitrogens with zero attached hydrogens (tertiary/aromatic N) is 1. The molecule has 2 heterocycles. The molecule has 1 aliphatic heterocycles. The molecule has 0 bridgehead atoms. The van der Waals surface area contributed by atoms with Crippen LogP contribution in [0.4, 0.5) is 0 Å². The van der Waals surface area contributed by atoms with E-state index in [1.165, 1.54) is 16.8 Å². The number of aromatic nitrogens is 2. The Morgan fingerprint density at radius 3 is 2.79 bits per heavy atom. The standard InChI is InChI=1S/C14H20N2O3/c1-5-14(9(2)3)10(4)8-12(19-14)16-7-6-11(17)15-13(16)18/h6-7,10,12H,2,5,8H2,1,3-4H3,(H,15,17,18)/t10-,12+,14-/m0/s1. The second-order valence-electron chi connectivity index (χ2n) is 5.25. The molecule has 2 rings (SSSR count). The van der Waals surface area contributed by atoms with E-state index in [2.05, 4.69) is 25.4 Å². The van der Waals surface area contributed by atoms with Crippen molar-refractivity contribution in [2.75, 3.05) is 0 Å². The van der Waals surface area contributed by atoms with Crippen LogP contribution >= 0.6 is 0 Å². The van der Waals surface area contributed by atoms with Crippen molar-refractivity contribution in [2.45, 2.75) is 45.4 Å². The minimum Gasteiger partial charge on any atom is -0.347 e. The van der Waals surface area contributed by atoms with Gasteiger partial charge in [-0.1, -0.05) is 20.4 Å². The minimum absolute atomic E-state index is 0.277. The predicted octanol–water partition coefficient (Wildman–Crippen LogP) is 1.82. The summed E-state index contributed by atoms with van der Waals surface area (Å²) < 4.78 is 7.56. The van der Waals surface area contributed by atoms with Gasteiger partial charge in [-0.25, -0.2) is 4.79 Å². The molecular weight excluding hydrogens is 244 g/mol. The molecule has 1 N–H and O–H groups in total. The Labute approximate surface area is 111 Å². The number of ether oxygens (including phenoxy) is 1. The molecule has 0 amide bonds. The maximum absolute atomic E-state index is 11.8. The van der Waals surface area contributed by atoms with Gasteiger partial charge >= 0.3 is 5.69 Å².